The van der Waals surface area contributed by atoms with Crippen LogP contribution in [0.5, 0.6) is 0 Å². The molecule has 1 unspecified atom stereocenters. The summed E-state index contributed by atoms with van der Waals surface area (Å²) in [5.74, 6) is 1.97. The van der Waals surface area contributed by atoms with Gasteiger partial charge in [-0.2, -0.15) is 12.6 Å². The Morgan fingerprint density at radius 1 is 1.40 bits per heavy atom. The van der Waals surface area contributed by atoms with Gasteiger partial charge in [0.2, 0.25) is 0 Å². The first-order valence-corrected chi connectivity index (χ1v) is 5.54. The van der Waals surface area contributed by atoms with Crippen molar-refractivity contribution >= 4 is 24.4 Å². The van der Waals surface area contributed by atoms with E-state index >= 15 is 0 Å². The molecule has 0 amide bonds. The van der Waals surface area contributed by atoms with Crippen LogP contribution < -0.4 is 0 Å². The van der Waals surface area contributed by atoms with Crippen LogP contribution in [0.1, 0.15) is 33.6 Å². The minimum atomic E-state index is 0.534. The van der Waals surface area contributed by atoms with Crippen LogP contribution in [-0.4, -0.2) is 10.3 Å². The number of rotatable bonds is 5. The Bertz CT molecular complexity index is 71.7. The van der Waals surface area contributed by atoms with Gasteiger partial charge in [0.25, 0.3) is 0 Å². The first-order chi connectivity index (χ1) is 4.68. The highest BCUT2D eigenvalue weighted by atomic mass is 32.2. The lowest BCUT2D eigenvalue weighted by Gasteiger charge is -2.12. The predicted octanol–water partition coefficient (Wildman–Crippen LogP) is 3.43. The second-order valence-corrected chi connectivity index (χ2v) is 5.01. The van der Waals surface area contributed by atoms with E-state index < -0.39 is 0 Å². The van der Waals surface area contributed by atoms with Gasteiger partial charge in [-0.25, -0.2) is 0 Å². The molecule has 0 heterocycles. The average Bonchev–Trinajstić information content (AvgIpc) is 1.88. The van der Waals surface area contributed by atoms with Gasteiger partial charge in [0.1, 0.15) is 0 Å². The van der Waals surface area contributed by atoms with Gasteiger partial charge in [0.15, 0.2) is 0 Å². The van der Waals surface area contributed by atoms with Crippen molar-refractivity contribution in [2.45, 2.75) is 38.2 Å². The van der Waals surface area contributed by atoms with Gasteiger partial charge < -0.3 is 0 Å². The molecule has 0 nitrogen and oxygen atoms in total. The molecule has 10 heavy (non-hydrogen) atoms. The van der Waals surface area contributed by atoms with E-state index in [0.29, 0.717) is 10.5 Å². The van der Waals surface area contributed by atoms with E-state index in [2.05, 4.69) is 33.4 Å². The molecular formula is C8H18S2. The van der Waals surface area contributed by atoms with E-state index in [4.69, 9.17) is 0 Å². The van der Waals surface area contributed by atoms with Crippen LogP contribution in [0.2, 0.25) is 0 Å². The van der Waals surface area contributed by atoms with Crippen LogP contribution in [0.3, 0.4) is 0 Å². The summed E-state index contributed by atoms with van der Waals surface area (Å²) in [5, 5.41) is 0. The lowest BCUT2D eigenvalue weighted by molar-refractivity contribution is 0.722. The van der Waals surface area contributed by atoms with Gasteiger partial charge in [-0.05, 0) is 18.1 Å². The molecule has 0 bridgehead atoms. The minimum absolute atomic E-state index is 0.534. The molecular weight excluding hydrogens is 160 g/mol. The van der Waals surface area contributed by atoms with Crippen molar-refractivity contribution < 1.29 is 0 Å². The minimum Gasteiger partial charge on any atom is -0.165 e. The fourth-order valence-electron chi connectivity index (χ4n) is 0.541. The van der Waals surface area contributed by atoms with Crippen molar-refractivity contribution in [3.63, 3.8) is 0 Å². The van der Waals surface area contributed by atoms with Crippen LogP contribution in [0.25, 0.3) is 0 Å². The van der Waals surface area contributed by atoms with Crippen LogP contribution in [0.15, 0.2) is 0 Å². The molecule has 0 saturated heterocycles. The van der Waals surface area contributed by atoms with Gasteiger partial charge in [-0.1, -0.05) is 27.2 Å². The van der Waals surface area contributed by atoms with Crippen molar-refractivity contribution in [3.8, 4) is 0 Å². The van der Waals surface area contributed by atoms with Gasteiger partial charge in [-0.15, -0.1) is 11.8 Å². The summed E-state index contributed by atoms with van der Waals surface area (Å²) in [4.78, 5) is 0. The Labute approximate surface area is 74.6 Å². The number of thioether (sulfide) groups is 1. The van der Waals surface area contributed by atoms with Crippen molar-refractivity contribution in [1.29, 1.82) is 0 Å². The molecule has 0 N–H and O–H groups in total. The van der Waals surface area contributed by atoms with Crippen LogP contribution in [0.4, 0.5) is 0 Å². The number of thiol groups is 1. The van der Waals surface area contributed by atoms with E-state index in [1.54, 1.807) is 0 Å². The maximum absolute atomic E-state index is 4.46. The molecule has 1 atom stereocenters. The van der Waals surface area contributed by atoms with Crippen LogP contribution in [0, 0.1) is 5.92 Å². The molecule has 62 valence electrons. The molecule has 0 aliphatic carbocycles. The molecule has 0 spiro atoms. The molecule has 0 rings (SSSR count). The zero-order valence-electron chi connectivity index (χ0n) is 7.13. The average molecular weight is 178 g/mol. The summed E-state index contributed by atoms with van der Waals surface area (Å²) in [7, 11) is 0. The van der Waals surface area contributed by atoms with E-state index in [1.165, 1.54) is 18.6 Å². The monoisotopic (exact) mass is 178 g/mol. The Morgan fingerprint density at radius 3 is 2.40 bits per heavy atom. The predicted molar refractivity (Wildman–Crippen MR) is 55.0 cm³/mol. The molecule has 0 aliphatic rings. The van der Waals surface area contributed by atoms with Gasteiger partial charge in [0, 0.05) is 4.58 Å². The zero-order chi connectivity index (χ0) is 7.98. The molecule has 0 saturated carbocycles. The van der Waals surface area contributed by atoms with E-state index in [9.17, 15) is 0 Å². The highest BCUT2D eigenvalue weighted by molar-refractivity contribution is 8.10. The van der Waals surface area contributed by atoms with Crippen LogP contribution >= 0.6 is 24.4 Å². The second kappa shape index (κ2) is 6.41. The summed E-state index contributed by atoms with van der Waals surface area (Å²) >= 11 is 6.43. The van der Waals surface area contributed by atoms with Crippen molar-refractivity contribution in [2.75, 3.05) is 5.75 Å². The summed E-state index contributed by atoms with van der Waals surface area (Å²) in [6.07, 6.45) is 2.63. The third-order valence-corrected chi connectivity index (χ3v) is 3.81. The first kappa shape index (κ1) is 10.7. The van der Waals surface area contributed by atoms with E-state index in [1.807, 2.05) is 11.8 Å². The lowest BCUT2D eigenvalue weighted by atomic mass is 10.3. The summed E-state index contributed by atoms with van der Waals surface area (Å²) < 4.78 is 0.534. The smallest absolute Gasteiger partial charge is 0.0495 e. The van der Waals surface area contributed by atoms with E-state index in [0.717, 1.165) is 0 Å². The largest absolute Gasteiger partial charge is 0.165 e. The van der Waals surface area contributed by atoms with Crippen LogP contribution in [-0.2, 0) is 0 Å². The molecule has 0 fully saturated rings. The standard InChI is InChI=1S/C8H18S2/c1-4-5-6-10-8(9)7(2)3/h7-9H,4-6H2,1-3H3. The normalized spacial score (nSPS) is 14.1. The SMILES string of the molecule is CCCCSC(S)C(C)C. The molecule has 0 aromatic heterocycles. The van der Waals surface area contributed by atoms with Crippen molar-refractivity contribution in [1.82, 2.24) is 0 Å². The fourth-order valence-corrected chi connectivity index (χ4v) is 1.94. The third-order valence-electron chi connectivity index (χ3n) is 1.36. The maximum atomic E-state index is 4.46. The van der Waals surface area contributed by atoms with Crippen molar-refractivity contribution in [3.05, 3.63) is 0 Å². The Balaban J connectivity index is 3.13. The number of unbranched alkanes of at least 4 members (excludes halogenated alkanes) is 1. The first-order valence-electron chi connectivity index (χ1n) is 3.98. The molecule has 0 aromatic carbocycles. The topological polar surface area (TPSA) is 0 Å². The summed E-state index contributed by atoms with van der Waals surface area (Å²) in [5.41, 5.74) is 0. The fraction of sp³-hybridized carbons (Fsp3) is 1.00. The molecule has 0 radical (unpaired) electrons. The highest BCUT2D eigenvalue weighted by Crippen LogP contribution is 2.23. The Morgan fingerprint density at radius 2 is 2.00 bits per heavy atom. The summed E-state index contributed by atoms with van der Waals surface area (Å²) in [6.45, 7) is 6.66. The van der Waals surface area contributed by atoms with Gasteiger partial charge in [-0.3, -0.25) is 0 Å². The lowest BCUT2D eigenvalue weighted by Crippen LogP contribution is -2.03. The second-order valence-electron chi connectivity index (χ2n) is 2.86. The number of hydrogen-bond donors (Lipinski definition) is 1. The molecule has 0 aliphatic heterocycles. The molecule has 2 heteroatoms. The Hall–Kier alpha value is 0.700. The Kier molecular flexibility index (Phi) is 6.86. The quantitative estimate of drug-likeness (QED) is 0.382. The van der Waals surface area contributed by atoms with Gasteiger partial charge >= 0.3 is 0 Å². The van der Waals surface area contributed by atoms with E-state index in [-0.39, 0.29) is 0 Å². The number of hydrogen-bond acceptors (Lipinski definition) is 2. The maximum Gasteiger partial charge on any atom is 0.0495 e. The van der Waals surface area contributed by atoms with Gasteiger partial charge in [0.05, 0.1) is 0 Å². The highest BCUT2D eigenvalue weighted by Gasteiger charge is 2.06. The zero-order valence-corrected chi connectivity index (χ0v) is 8.84. The molecule has 0 aromatic rings. The third kappa shape index (κ3) is 5.48. The van der Waals surface area contributed by atoms with Crippen molar-refractivity contribution in [2.24, 2.45) is 5.92 Å². The summed E-state index contributed by atoms with van der Waals surface area (Å²) in [6, 6.07) is 0.